The Morgan fingerprint density at radius 2 is 1.10 bits per heavy atom. The van der Waals surface area contributed by atoms with Crippen molar-refractivity contribution in [1.82, 2.24) is 14.8 Å². The molecule has 6 heteroatoms. The van der Waals surface area contributed by atoms with Crippen molar-refractivity contribution in [3.05, 3.63) is 17.4 Å². The highest BCUT2D eigenvalue weighted by Crippen LogP contribution is 2.38. The lowest BCUT2D eigenvalue weighted by Gasteiger charge is -2.45. The first-order valence-corrected chi connectivity index (χ1v) is 21.9. The predicted octanol–water partition coefficient (Wildman–Crippen LogP) is 13.8. The smallest absolute Gasteiger partial charge is 0.160 e. The number of aromatic nitrogens is 3. The van der Waals surface area contributed by atoms with Gasteiger partial charge in [0.05, 0.1) is 24.1 Å². The lowest BCUT2D eigenvalue weighted by molar-refractivity contribution is -0.113. The fraction of sp³-hybridized carbons (Fsp3) is 0.860. The Kier molecular flexibility index (Phi) is 19.8. The summed E-state index contributed by atoms with van der Waals surface area (Å²) in [7, 11) is 0. The molecular formula is C43H75ClN4O. The zero-order valence-corrected chi connectivity index (χ0v) is 32.9. The van der Waals surface area contributed by atoms with E-state index in [1.807, 2.05) is 12.3 Å². The molecule has 0 bridgehead atoms. The number of hydrogen-bond acceptors (Lipinski definition) is 4. The average Bonchev–Trinajstić information content (AvgIpc) is 3.46. The van der Waals surface area contributed by atoms with E-state index in [0.29, 0.717) is 11.2 Å². The minimum absolute atomic E-state index is 0.241. The first-order chi connectivity index (χ1) is 24.1. The van der Waals surface area contributed by atoms with Crippen LogP contribution < -0.4 is 4.90 Å². The first kappa shape index (κ1) is 40.4. The molecule has 4 rings (SSSR count). The SMILES string of the molecule is CC[C@@H](C)n1nc(N2CCCCCCCCCCCCCCCCCCCCCCCCCCCCCC3(COC3)C2)c2cnc(Cl)cc21. The molecular weight excluding hydrogens is 624 g/mol. The van der Waals surface area contributed by atoms with Crippen LogP contribution in [-0.2, 0) is 4.74 Å². The van der Waals surface area contributed by atoms with Crippen molar-refractivity contribution in [3.63, 3.8) is 0 Å². The van der Waals surface area contributed by atoms with Crippen LogP contribution in [0.4, 0.5) is 5.82 Å². The average molecular weight is 700 g/mol. The molecule has 2 fully saturated rings. The van der Waals surface area contributed by atoms with E-state index in [-0.39, 0.29) is 5.41 Å². The van der Waals surface area contributed by atoms with Gasteiger partial charge in [-0.25, -0.2) is 4.98 Å². The number of nitrogens with zero attached hydrogens (tertiary/aromatic N) is 4. The van der Waals surface area contributed by atoms with Gasteiger partial charge >= 0.3 is 0 Å². The fourth-order valence-corrected chi connectivity index (χ4v) is 8.48. The summed E-state index contributed by atoms with van der Waals surface area (Å²) in [6.45, 7) is 8.36. The highest BCUT2D eigenvalue weighted by molar-refractivity contribution is 6.30. The third kappa shape index (κ3) is 14.7. The molecule has 2 saturated heterocycles. The van der Waals surface area contributed by atoms with Crippen LogP contribution in [0.1, 0.15) is 206 Å². The van der Waals surface area contributed by atoms with Crippen molar-refractivity contribution in [1.29, 1.82) is 0 Å². The molecule has 0 amide bonds. The summed E-state index contributed by atoms with van der Waals surface area (Å²) >= 11 is 6.42. The summed E-state index contributed by atoms with van der Waals surface area (Å²) in [4.78, 5) is 7.14. The van der Waals surface area contributed by atoms with Gasteiger partial charge in [0.1, 0.15) is 5.15 Å². The van der Waals surface area contributed by atoms with Gasteiger partial charge in [-0.3, -0.25) is 4.68 Å². The van der Waals surface area contributed by atoms with Gasteiger partial charge in [0.25, 0.3) is 0 Å². The predicted molar refractivity (Wildman–Crippen MR) is 212 cm³/mol. The maximum Gasteiger partial charge on any atom is 0.160 e. The second-order valence-corrected chi connectivity index (χ2v) is 16.6. The second-order valence-electron chi connectivity index (χ2n) is 16.3. The summed E-state index contributed by atoms with van der Waals surface area (Å²) in [5.41, 5.74) is 1.35. The van der Waals surface area contributed by atoms with Crippen molar-refractivity contribution >= 4 is 28.3 Å². The summed E-state index contributed by atoms with van der Waals surface area (Å²) in [6, 6.07) is 2.33. The molecule has 49 heavy (non-hydrogen) atoms. The van der Waals surface area contributed by atoms with Gasteiger partial charge < -0.3 is 9.64 Å². The van der Waals surface area contributed by atoms with E-state index in [4.69, 9.17) is 21.4 Å². The standard InChI is InChI=1S/C43H75ClN4O/c1-3-38(2)48-40-33-41(44)45-34-39(40)42(46-48)47-32-30-28-26-24-22-20-18-16-14-12-10-8-6-4-5-7-9-11-13-15-17-19-21-23-25-27-29-31-43(35-47)36-49-37-43/h33-34,38H,3-32,35-37H2,1-2H3/t38-/m1/s1. The summed E-state index contributed by atoms with van der Waals surface area (Å²) in [5, 5.41) is 6.98. The minimum Gasteiger partial charge on any atom is -0.380 e. The molecule has 2 aliphatic rings. The van der Waals surface area contributed by atoms with E-state index in [1.54, 1.807) is 0 Å². The number of ether oxygens (including phenoxy) is 1. The molecule has 0 radical (unpaired) electrons. The van der Waals surface area contributed by atoms with Gasteiger partial charge in [0.2, 0.25) is 0 Å². The molecule has 1 spiro atoms. The van der Waals surface area contributed by atoms with Crippen molar-refractivity contribution in [2.45, 2.75) is 206 Å². The van der Waals surface area contributed by atoms with Crippen LogP contribution in [0.2, 0.25) is 5.15 Å². The van der Waals surface area contributed by atoms with Crippen LogP contribution >= 0.6 is 11.6 Å². The van der Waals surface area contributed by atoms with Crippen LogP contribution in [0.3, 0.4) is 0 Å². The van der Waals surface area contributed by atoms with Gasteiger partial charge in [0, 0.05) is 36.8 Å². The number of pyridine rings is 1. The Hall–Kier alpha value is -1.33. The molecule has 0 saturated carbocycles. The van der Waals surface area contributed by atoms with Crippen molar-refractivity contribution in [2.24, 2.45) is 5.41 Å². The summed E-state index contributed by atoms with van der Waals surface area (Å²) in [5.74, 6) is 1.10. The molecule has 2 aromatic heterocycles. The van der Waals surface area contributed by atoms with Crippen LogP contribution in [-0.4, -0.2) is 41.1 Å². The zero-order chi connectivity index (χ0) is 34.4. The van der Waals surface area contributed by atoms with Crippen molar-refractivity contribution in [2.75, 3.05) is 31.2 Å². The number of halogens is 1. The Morgan fingerprint density at radius 3 is 1.51 bits per heavy atom. The lowest BCUT2D eigenvalue weighted by atomic mass is 9.80. The van der Waals surface area contributed by atoms with E-state index in [0.717, 1.165) is 49.4 Å². The summed E-state index contributed by atoms with van der Waals surface area (Å²) in [6.07, 6.45) is 42.5. The molecule has 0 aromatic carbocycles. The van der Waals surface area contributed by atoms with E-state index in [9.17, 15) is 0 Å². The number of hydrogen-bond donors (Lipinski definition) is 0. The van der Waals surface area contributed by atoms with E-state index >= 15 is 0 Å². The molecule has 4 heterocycles. The Labute approximate surface area is 307 Å². The second kappa shape index (κ2) is 24.0. The van der Waals surface area contributed by atoms with Gasteiger partial charge in [-0.05, 0) is 26.2 Å². The minimum atomic E-state index is 0.241. The Balaban J connectivity index is 1.33. The zero-order valence-electron chi connectivity index (χ0n) is 32.1. The Bertz CT molecular complexity index is 1130. The largest absolute Gasteiger partial charge is 0.380 e. The topological polar surface area (TPSA) is 43.2 Å². The van der Waals surface area contributed by atoms with Gasteiger partial charge in [-0.2, -0.15) is 5.10 Å². The van der Waals surface area contributed by atoms with Crippen molar-refractivity contribution < 1.29 is 4.74 Å². The summed E-state index contributed by atoms with van der Waals surface area (Å²) < 4.78 is 8.14. The molecule has 0 unspecified atom stereocenters. The first-order valence-electron chi connectivity index (χ1n) is 21.5. The van der Waals surface area contributed by atoms with Crippen LogP contribution in [0, 0.1) is 5.41 Å². The van der Waals surface area contributed by atoms with E-state index in [1.165, 1.54) is 180 Å². The van der Waals surface area contributed by atoms with Gasteiger partial charge in [0.15, 0.2) is 5.82 Å². The molecule has 0 N–H and O–H groups in total. The number of fused-ring (bicyclic) bond motifs is 1. The highest BCUT2D eigenvalue weighted by Gasteiger charge is 2.40. The molecule has 2 aromatic rings. The third-order valence-corrected chi connectivity index (χ3v) is 12.0. The maximum absolute atomic E-state index is 6.42. The van der Waals surface area contributed by atoms with Gasteiger partial charge in [-0.15, -0.1) is 0 Å². The number of rotatable bonds is 3. The maximum atomic E-state index is 6.42. The quantitative estimate of drug-likeness (QED) is 0.299. The molecule has 1 atom stereocenters. The van der Waals surface area contributed by atoms with Crippen molar-refractivity contribution in [3.8, 4) is 0 Å². The van der Waals surface area contributed by atoms with E-state index < -0.39 is 0 Å². The van der Waals surface area contributed by atoms with Crippen LogP contribution in [0.15, 0.2) is 12.3 Å². The van der Waals surface area contributed by atoms with Gasteiger partial charge in [-0.1, -0.05) is 185 Å². The highest BCUT2D eigenvalue weighted by atomic mass is 35.5. The van der Waals surface area contributed by atoms with E-state index in [2.05, 4.69) is 28.4 Å². The molecule has 5 nitrogen and oxygen atoms in total. The monoisotopic (exact) mass is 699 g/mol. The van der Waals surface area contributed by atoms with Crippen LogP contribution in [0.25, 0.3) is 10.9 Å². The fourth-order valence-electron chi connectivity index (χ4n) is 8.33. The van der Waals surface area contributed by atoms with Crippen LogP contribution in [0.5, 0.6) is 0 Å². The number of anilines is 1. The Morgan fingerprint density at radius 1 is 0.673 bits per heavy atom. The third-order valence-electron chi connectivity index (χ3n) is 11.8. The molecule has 280 valence electrons. The molecule has 2 aliphatic heterocycles. The molecule has 0 aliphatic carbocycles. The normalized spacial score (nSPS) is 22.9. The lowest BCUT2D eigenvalue weighted by Crippen LogP contribution is -2.51.